The van der Waals surface area contributed by atoms with Crippen molar-refractivity contribution in [3.8, 4) is 0 Å². The minimum atomic E-state index is -1.35. The molecule has 0 saturated carbocycles. The number of benzene rings is 1. The molecule has 4 rings (SSSR count). The van der Waals surface area contributed by atoms with Gasteiger partial charge in [-0.2, -0.15) is 4.98 Å². The number of anilines is 1. The maximum Gasteiger partial charge on any atom is 0.222 e. The molecule has 1 unspecified atom stereocenters. The van der Waals surface area contributed by atoms with Crippen LogP contribution >= 0.6 is 0 Å². The number of fused-ring (bicyclic) bond motifs is 1. The number of nitrogens with zero attached hydrogens (tertiary/aromatic N) is 3. The maximum absolute atomic E-state index is 13.1. The summed E-state index contributed by atoms with van der Waals surface area (Å²) in [4.78, 5) is 8.29. The van der Waals surface area contributed by atoms with Crippen molar-refractivity contribution < 1.29 is 24.4 Å². The molecule has 1 aliphatic rings. The van der Waals surface area contributed by atoms with Gasteiger partial charge in [-0.15, -0.1) is 0 Å². The van der Waals surface area contributed by atoms with Crippen LogP contribution in [0.15, 0.2) is 36.5 Å². The summed E-state index contributed by atoms with van der Waals surface area (Å²) in [6.45, 7) is 1.78. The first-order chi connectivity index (χ1) is 12.9. The van der Waals surface area contributed by atoms with Crippen molar-refractivity contribution in [1.82, 2.24) is 14.5 Å². The Morgan fingerprint density at radius 2 is 1.85 bits per heavy atom. The molecule has 3 heterocycles. The van der Waals surface area contributed by atoms with Crippen molar-refractivity contribution >= 4 is 17.0 Å². The zero-order valence-corrected chi connectivity index (χ0v) is 14.4. The number of hydrogen-bond acceptors (Lipinski definition) is 7. The Balaban J connectivity index is 1.67. The molecule has 1 fully saturated rings. The molecular weight excluding hydrogens is 355 g/mol. The summed E-state index contributed by atoms with van der Waals surface area (Å²) in [5.41, 5.74) is 7.21. The standard InChI is InChI=1S/C18H19FN4O4/c1-8-11-6-7-23(16(11)22-18(20)21-8)17-14(26)13(25)15(27-17)12(24)9-2-4-10(19)5-3-9/h2-7,12-15,17,24-26H,1H3,(H2,20,21,22)/t12?,13-,14+,15+,17+/m0/s1. The SMILES string of the molecule is Cc1nc(N)nc2c1ccn2[C@@H]1O[C@H](C(O)c2ccc(F)cc2)[C@@H](O)[C@H]1O. The lowest BCUT2D eigenvalue weighted by Crippen LogP contribution is -2.34. The normalized spacial score (nSPS) is 26.6. The number of aliphatic hydroxyl groups is 3. The lowest BCUT2D eigenvalue weighted by atomic mass is 9.99. The Labute approximate surface area is 153 Å². The Hall–Kier alpha value is -2.59. The van der Waals surface area contributed by atoms with Crippen LogP contribution in [-0.4, -0.2) is 48.2 Å². The molecule has 142 valence electrons. The molecule has 5 atom stereocenters. The fourth-order valence-electron chi connectivity index (χ4n) is 3.44. The molecule has 9 heteroatoms. The minimum Gasteiger partial charge on any atom is -0.387 e. The number of ether oxygens (including phenoxy) is 1. The van der Waals surface area contributed by atoms with Crippen LogP contribution in [0.5, 0.6) is 0 Å². The van der Waals surface area contributed by atoms with Crippen LogP contribution in [0.2, 0.25) is 0 Å². The molecule has 27 heavy (non-hydrogen) atoms. The van der Waals surface area contributed by atoms with E-state index in [1.807, 2.05) is 0 Å². The zero-order chi connectivity index (χ0) is 19.3. The van der Waals surface area contributed by atoms with Gasteiger partial charge in [0, 0.05) is 11.6 Å². The summed E-state index contributed by atoms with van der Waals surface area (Å²) in [5, 5.41) is 32.2. The second-order valence-corrected chi connectivity index (χ2v) is 6.60. The Morgan fingerprint density at radius 3 is 2.56 bits per heavy atom. The van der Waals surface area contributed by atoms with Gasteiger partial charge >= 0.3 is 0 Å². The Kier molecular flexibility index (Phi) is 4.31. The number of nitrogen functional groups attached to an aromatic ring is 1. The molecule has 8 nitrogen and oxygen atoms in total. The van der Waals surface area contributed by atoms with Gasteiger partial charge in [-0.25, -0.2) is 9.37 Å². The summed E-state index contributed by atoms with van der Waals surface area (Å²) in [7, 11) is 0. The molecule has 5 N–H and O–H groups in total. The fraction of sp³-hybridized carbons (Fsp3) is 0.333. The van der Waals surface area contributed by atoms with Gasteiger partial charge in [0.25, 0.3) is 0 Å². The molecule has 1 aliphatic heterocycles. The molecule has 0 bridgehead atoms. The van der Waals surface area contributed by atoms with Gasteiger partial charge in [0.05, 0.1) is 5.69 Å². The number of aromatic nitrogens is 3. The molecule has 0 spiro atoms. The average Bonchev–Trinajstić information content (AvgIpc) is 3.17. The first-order valence-corrected chi connectivity index (χ1v) is 8.42. The summed E-state index contributed by atoms with van der Waals surface area (Å²) >= 11 is 0. The zero-order valence-electron chi connectivity index (χ0n) is 14.4. The second kappa shape index (κ2) is 6.54. The van der Waals surface area contributed by atoms with Gasteiger partial charge in [0.2, 0.25) is 5.95 Å². The number of hydrogen-bond donors (Lipinski definition) is 4. The van der Waals surface area contributed by atoms with Crippen molar-refractivity contribution in [2.24, 2.45) is 0 Å². The van der Waals surface area contributed by atoms with E-state index in [0.717, 1.165) is 5.39 Å². The van der Waals surface area contributed by atoms with Gasteiger partial charge < -0.3 is 30.4 Å². The fourth-order valence-corrected chi connectivity index (χ4v) is 3.44. The maximum atomic E-state index is 13.1. The van der Waals surface area contributed by atoms with E-state index in [4.69, 9.17) is 10.5 Å². The molecule has 1 aromatic carbocycles. The van der Waals surface area contributed by atoms with E-state index in [1.54, 1.807) is 23.8 Å². The lowest BCUT2D eigenvalue weighted by Gasteiger charge is -2.21. The highest BCUT2D eigenvalue weighted by molar-refractivity contribution is 5.79. The number of rotatable bonds is 3. The number of aliphatic hydroxyl groups excluding tert-OH is 3. The molecule has 2 aromatic heterocycles. The van der Waals surface area contributed by atoms with E-state index in [-0.39, 0.29) is 5.95 Å². The van der Waals surface area contributed by atoms with Gasteiger partial charge in [0.1, 0.15) is 35.9 Å². The van der Waals surface area contributed by atoms with Crippen molar-refractivity contribution in [2.75, 3.05) is 5.73 Å². The average molecular weight is 374 g/mol. The monoisotopic (exact) mass is 374 g/mol. The van der Waals surface area contributed by atoms with E-state index in [0.29, 0.717) is 16.9 Å². The first-order valence-electron chi connectivity index (χ1n) is 8.42. The van der Waals surface area contributed by atoms with E-state index in [2.05, 4.69) is 9.97 Å². The van der Waals surface area contributed by atoms with Gasteiger partial charge in [0.15, 0.2) is 6.23 Å². The molecule has 0 aliphatic carbocycles. The number of nitrogens with two attached hydrogens (primary N) is 1. The van der Waals surface area contributed by atoms with E-state index < -0.39 is 36.5 Å². The van der Waals surface area contributed by atoms with Crippen LogP contribution in [0.4, 0.5) is 10.3 Å². The smallest absolute Gasteiger partial charge is 0.222 e. The summed E-state index contributed by atoms with van der Waals surface area (Å²) in [6.07, 6.45) is -4.34. The van der Waals surface area contributed by atoms with E-state index >= 15 is 0 Å². The third-order valence-electron chi connectivity index (χ3n) is 4.85. The summed E-state index contributed by atoms with van der Waals surface area (Å²) < 4.78 is 20.4. The van der Waals surface area contributed by atoms with Crippen molar-refractivity contribution in [2.45, 2.75) is 37.6 Å². The van der Waals surface area contributed by atoms with Gasteiger partial charge in [-0.05, 0) is 30.7 Å². The highest BCUT2D eigenvalue weighted by atomic mass is 19.1. The topological polar surface area (TPSA) is 127 Å². The van der Waals surface area contributed by atoms with Crippen LogP contribution in [0.25, 0.3) is 11.0 Å². The van der Waals surface area contributed by atoms with Crippen LogP contribution in [0.1, 0.15) is 23.6 Å². The van der Waals surface area contributed by atoms with Crippen LogP contribution in [-0.2, 0) is 4.74 Å². The second-order valence-electron chi connectivity index (χ2n) is 6.60. The molecule has 0 amide bonds. The van der Waals surface area contributed by atoms with Crippen molar-refractivity contribution in [1.29, 1.82) is 0 Å². The molecule has 3 aromatic rings. The highest BCUT2D eigenvalue weighted by Crippen LogP contribution is 2.37. The van der Waals surface area contributed by atoms with Crippen molar-refractivity contribution in [3.05, 3.63) is 53.6 Å². The predicted octanol–water partition coefficient (Wildman–Crippen LogP) is 0.814. The summed E-state index contributed by atoms with van der Waals surface area (Å²) in [5.74, 6) is -0.362. The van der Waals surface area contributed by atoms with Crippen molar-refractivity contribution in [3.63, 3.8) is 0 Å². The number of aryl methyl sites for hydroxylation is 1. The van der Waals surface area contributed by atoms with E-state index in [1.165, 1.54) is 24.3 Å². The third kappa shape index (κ3) is 2.94. The largest absolute Gasteiger partial charge is 0.387 e. The van der Waals surface area contributed by atoms with Crippen LogP contribution in [0.3, 0.4) is 0 Å². The van der Waals surface area contributed by atoms with Crippen LogP contribution in [0, 0.1) is 12.7 Å². The first kappa shape index (κ1) is 17.8. The van der Waals surface area contributed by atoms with Gasteiger partial charge in [-0.3, -0.25) is 0 Å². The van der Waals surface area contributed by atoms with Crippen LogP contribution < -0.4 is 5.73 Å². The Morgan fingerprint density at radius 1 is 1.15 bits per heavy atom. The van der Waals surface area contributed by atoms with Gasteiger partial charge in [-0.1, -0.05) is 12.1 Å². The predicted molar refractivity (Wildman–Crippen MR) is 94.0 cm³/mol. The minimum absolute atomic E-state index is 0.0795. The molecular formula is C18H19FN4O4. The van der Waals surface area contributed by atoms with E-state index in [9.17, 15) is 19.7 Å². The molecule has 0 radical (unpaired) electrons. The highest BCUT2D eigenvalue weighted by Gasteiger charge is 2.47. The number of halogens is 1. The quantitative estimate of drug-likeness (QED) is 0.534. The summed E-state index contributed by atoms with van der Waals surface area (Å²) in [6, 6.07) is 6.97. The Bertz CT molecular complexity index is 977. The lowest BCUT2D eigenvalue weighted by molar-refractivity contribution is -0.0848. The molecule has 1 saturated heterocycles. The third-order valence-corrected chi connectivity index (χ3v) is 4.85.